The van der Waals surface area contributed by atoms with Crippen LogP contribution < -0.4 is 10.9 Å². The van der Waals surface area contributed by atoms with Crippen molar-refractivity contribution in [1.29, 1.82) is 0 Å². The van der Waals surface area contributed by atoms with Crippen LogP contribution in [0.2, 0.25) is 0 Å². The Kier molecular flexibility index (Phi) is 5.87. The van der Waals surface area contributed by atoms with E-state index in [1.807, 2.05) is 24.3 Å². The molecule has 0 aliphatic carbocycles. The first-order valence-electron chi connectivity index (χ1n) is 9.93. The maximum absolute atomic E-state index is 13.6. The van der Waals surface area contributed by atoms with Crippen molar-refractivity contribution in [2.45, 2.75) is 19.9 Å². The molecular formula is C24H21N3O4S. The fourth-order valence-corrected chi connectivity index (χ4v) is 4.78. The monoisotopic (exact) mass is 447 g/mol. The van der Waals surface area contributed by atoms with Crippen molar-refractivity contribution in [3.8, 4) is 0 Å². The minimum atomic E-state index is -0.980. The predicted molar refractivity (Wildman–Crippen MR) is 124 cm³/mol. The number of amides is 1. The van der Waals surface area contributed by atoms with E-state index < -0.39 is 12.0 Å². The van der Waals surface area contributed by atoms with E-state index in [1.165, 1.54) is 11.7 Å². The van der Waals surface area contributed by atoms with Crippen molar-refractivity contribution in [3.63, 3.8) is 0 Å². The molecule has 7 nitrogen and oxygen atoms in total. The van der Waals surface area contributed by atoms with E-state index in [4.69, 9.17) is 4.74 Å². The molecule has 0 aliphatic rings. The molecule has 4 aromatic rings. The number of carbonyl (C=O) groups excluding carboxylic acids is 2. The first kappa shape index (κ1) is 21.5. The molecule has 32 heavy (non-hydrogen) atoms. The van der Waals surface area contributed by atoms with Gasteiger partial charge < -0.3 is 10.1 Å². The van der Waals surface area contributed by atoms with Crippen LogP contribution in [0, 0.1) is 13.8 Å². The van der Waals surface area contributed by atoms with Crippen LogP contribution in [0.3, 0.4) is 0 Å². The number of fused-ring (bicyclic) bond motifs is 1. The summed E-state index contributed by atoms with van der Waals surface area (Å²) in [5, 5.41) is 3.17. The first-order chi connectivity index (χ1) is 15.4. The highest BCUT2D eigenvalue weighted by Crippen LogP contribution is 2.30. The van der Waals surface area contributed by atoms with Crippen molar-refractivity contribution in [3.05, 3.63) is 92.8 Å². The molecule has 1 N–H and O–H groups in total. The number of aromatic nitrogens is 2. The van der Waals surface area contributed by atoms with Gasteiger partial charge in [-0.05, 0) is 37.1 Å². The van der Waals surface area contributed by atoms with E-state index in [1.54, 1.807) is 50.2 Å². The van der Waals surface area contributed by atoms with Gasteiger partial charge in [-0.3, -0.25) is 14.2 Å². The number of carbonyl (C=O) groups is 2. The number of benzene rings is 2. The van der Waals surface area contributed by atoms with E-state index in [0.717, 1.165) is 11.3 Å². The number of thiophene rings is 1. The molecule has 4 rings (SSSR count). The third-order valence-corrected chi connectivity index (χ3v) is 6.39. The van der Waals surface area contributed by atoms with Gasteiger partial charge in [-0.2, -0.15) is 0 Å². The fourth-order valence-electron chi connectivity index (χ4n) is 3.66. The van der Waals surface area contributed by atoms with Crippen LogP contribution in [0.1, 0.15) is 32.7 Å². The average molecular weight is 448 g/mol. The third-order valence-electron chi connectivity index (χ3n) is 5.21. The van der Waals surface area contributed by atoms with Gasteiger partial charge in [0.15, 0.2) is 6.04 Å². The molecule has 0 bridgehead atoms. The zero-order chi connectivity index (χ0) is 22.8. The van der Waals surface area contributed by atoms with E-state index in [0.29, 0.717) is 37.7 Å². The summed E-state index contributed by atoms with van der Waals surface area (Å²) in [5.74, 6) is -0.525. The molecule has 0 aliphatic heterocycles. The predicted octanol–water partition coefficient (Wildman–Crippen LogP) is 4.09. The minimum absolute atomic E-state index is 0.312. The van der Waals surface area contributed by atoms with E-state index in [2.05, 4.69) is 10.3 Å². The Morgan fingerprint density at radius 1 is 1.03 bits per heavy atom. The van der Waals surface area contributed by atoms with Gasteiger partial charge in [0, 0.05) is 5.69 Å². The lowest BCUT2D eigenvalue weighted by Gasteiger charge is -2.20. The number of para-hydroxylation sites is 1. The molecule has 2 aromatic heterocycles. The van der Waals surface area contributed by atoms with Crippen molar-refractivity contribution >= 4 is 39.1 Å². The summed E-state index contributed by atoms with van der Waals surface area (Å²) in [6.07, 6.45) is 0. The van der Waals surface area contributed by atoms with Gasteiger partial charge in [0.25, 0.3) is 11.5 Å². The van der Waals surface area contributed by atoms with Crippen LogP contribution in [0.25, 0.3) is 10.2 Å². The first-order valence-corrected chi connectivity index (χ1v) is 10.8. The summed E-state index contributed by atoms with van der Waals surface area (Å²) < 4.78 is 6.33. The lowest BCUT2D eigenvalue weighted by molar-refractivity contribution is -0.143. The molecular weight excluding hydrogens is 426 g/mol. The molecule has 0 spiro atoms. The molecule has 1 unspecified atom stereocenters. The maximum atomic E-state index is 13.6. The number of rotatable bonds is 5. The van der Waals surface area contributed by atoms with Crippen molar-refractivity contribution in [2.75, 3.05) is 12.4 Å². The number of nitrogens with one attached hydrogen (secondary N) is 1. The van der Waals surface area contributed by atoms with Crippen LogP contribution >= 0.6 is 11.3 Å². The van der Waals surface area contributed by atoms with Gasteiger partial charge >= 0.3 is 5.97 Å². The summed E-state index contributed by atoms with van der Waals surface area (Å²) in [6.45, 7) is 3.38. The fraction of sp³-hybridized carbons (Fsp3) is 0.167. The number of ether oxygens (including phenoxy) is 1. The topological polar surface area (TPSA) is 90.3 Å². The van der Waals surface area contributed by atoms with Crippen LogP contribution in [0.5, 0.6) is 0 Å². The summed E-state index contributed by atoms with van der Waals surface area (Å²) in [6, 6.07) is 17.0. The molecule has 162 valence electrons. The molecule has 0 fully saturated rings. The van der Waals surface area contributed by atoms with Crippen molar-refractivity contribution in [2.24, 2.45) is 0 Å². The number of anilines is 1. The summed E-state index contributed by atoms with van der Waals surface area (Å²) in [7, 11) is 1.28. The highest BCUT2D eigenvalue weighted by molar-refractivity contribution is 7.20. The van der Waals surface area contributed by atoms with Crippen LogP contribution in [-0.4, -0.2) is 28.5 Å². The summed E-state index contributed by atoms with van der Waals surface area (Å²) in [4.78, 5) is 44.6. The minimum Gasteiger partial charge on any atom is -0.467 e. The van der Waals surface area contributed by atoms with Gasteiger partial charge in [-0.1, -0.05) is 48.5 Å². The molecule has 2 aromatic carbocycles. The largest absolute Gasteiger partial charge is 0.467 e. The van der Waals surface area contributed by atoms with Gasteiger partial charge in [-0.15, -0.1) is 11.3 Å². The Hall–Kier alpha value is -3.78. The van der Waals surface area contributed by atoms with E-state index in [9.17, 15) is 14.4 Å². The second-order valence-electron chi connectivity index (χ2n) is 7.23. The smallest absolute Gasteiger partial charge is 0.333 e. The number of nitrogens with zero attached hydrogens (tertiary/aromatic N) is 2. The summed E-state index contributed by atoms with van der Waals surface area (Å²) in [5.41, 5.74) is 1.41. The zero-order valence-electron chi connectivity index (χ0n) is 17.8. The van der Waals surface area contributed by atoms with Crippen LogP contribution in [-0.2, 0) is 9.53 Å². The molecule has 1 amide bonds. The molecule has 1 atom stereocenters. The summed E-state index contributed by atoms with van der Waals surface area (Å²) >= 11 is 1.16. The molecule has 2 heterocycles. The number of hydrogen-bond donors (Lipinski definition) is 1. The quantitative estimate of drug-likeness (QED) is 0.466. The number of hydrogen-bond acceptors (Lipinski definition) is 6. The Balaban J connectivity index is 1.86. The third kappa shape index (κ3) is 3.80. The second kappa shape index (κ2) is 8.76. The Bertz CT molecular complexity index is 1360. The van der Waals surface area contributed by atoms with Gasteiger partial charge in [0.05, 0.1) is 17.4 Å². The highest BCUT2D eigenvalue weighted by atomic mass is 32.1. The van der Waals surface area contributed by atoms with Gasteiger partial charge in [0.1, 0.15) is 10.7 Å². The van der Waals surface area contributed by atoms with Crippen LogP contribution in [0.4, 0.5) is 5.69 Å². The Morgan fingerprint density at radius 3 is 2.28 bits per heavy atom. The SMILES string of the molecule is COC(=O)C(c1ccccc1)n1c(C)nc2sc(C(=O)Nc3ccccc3)c(C)c2c1=O. The second-order valence-corrected chi connectivity index (χ2v) is 8.23. The normalized spacial score (nSPS) is 11.8. The number of aryl methyl sites for hydroxylation is 2. The highest BCUT2D eigenvalue weighted by Gasteiger charge is 2.29. The van der Waals surface area contributed by atoms with E-state index in [-0.39, 0.29) is 11.5 Å². The lowest BCUT2D eigenvalue weighted by atomic mass is 10.1. The number of methoxy groups -OCH3 is 1. The molecule has 0 radical (unpaired) electrons. The number of esters is 1. The zero-order valence-corrected chi connectivity index (χ0v) is 18.6. The van der Waals surface area contributed by atoms with Crippen molar-refractivity contribution < 1.29 is 14.3 Å². The molecule has 0 saturated heterocycles. The maximum Gasteiger partial charge on any atom is 0.333 e. The lowest BCUT2D eigenvalue weighted by Crippen LogP contribution is -2.34. The van der Waals surface area contributed by atoms with Crippen LogP contribution in [0.15, 0.2) is 65.5 Å². The van der Waals surface area contributed by atoms with Crippen molar-refractivity contribution in [1.82, 2.24) is 9.55 Å². The van der Waals surface area contributed by atoms with Gasteiger partial charge in [-0.25, -0.2) is 9.78 Å². The van der Waals surface area contributed by atoms with Gasteiger partial charge in [0.2, 0.25) is 0 Å². The molecule has 0 saturated carbocycles. The Labute approximate surface area is 188 Å². The standard InChI is InChI=1S/C24H21N3O4S/c1-14-18-22(32-20(14)21(28)26-17-12-8-5-9-13-17)25-15(2)27(23(18)29)19(24(30)31-3)16-10-6-4-7-11-16/h4-13,19H,1-3H3,(H,26,28). The Morgan fingerprint density at radius 2 is 1.66 bits per heavy atom. The molecule has 8 heteroatoms. The average Bonchev–Trinajstić information content (AvgIpc) is 3.13. The van der Waals surface area contributed by atoms with E-state index >= 15 is 0 Å².